The number of aromatic nitrogens is 3. The van der Waals surface area contributed by atoms with Crippen molar-refractivity contribution in [3.8, 4) is 11.5 Å². The van der Waals surface area contributed by atoms with Gasteiger partial charge < -0.3 is 14.2 Å². The molecule has 0 aliphatic rings. The van der Waals surface area contributed by atoms with Crippen molar-refractivity contribution < 1.29 is 19.0 Å². The zero-order valence-electron chi connectivity index (χ0n) is 21.4. The minimum atomic E-state index is -0.692. The maximum atomic E-state index is 13.5. The van der Waals surface area contributed by atoms with Crippen molar-refractivity contribution >= 4 is 11.7 Å². The molecule has 192 valence electrons. The third-order valence-electron chi connectivity index (χ3n) is 5.45. The van der Waals surface area contributed by atoms with E-state index in [2.05, 4.69) is 9.98 Å². The van der Waals surface area contributed by atoms with Crippen LogP contribution >= 0.6 is 0 Å². The smallest absolute Gasteiger partial charge is 0.335 e. The third-order valence-corrected chi connectivity index (χ3v) is 5.45. The minimum absolute atomic E-state index is 0.0466. The van der Waals surface area contributed by atoms with Gasteiger partial charge in [-0.3, -0.25) is 14.3 Å². The van der Waals surface area contributed by atoms with E-state index >= 15 is 0 Å². The van der Waals surface area contributed by atoms with E-state index in [4.69, 9.17) is 14.2 Å². The fourth-order valence-electron chi connectivity index (χ4n) is 3.57. The van der Waals surface area contributed by atoms with Crippen molar-refractivity contribution in [2.45, 2.75) is 46.9 Å². The van der Waals surface area contributed by atoms with Gasteiger partial charge >= 0.3 is 17.3 Å². The molecule has 0 radical (unpaired) electrons. The number of aryl methyl sites for hydroxylation is 1. The van der Waals surface area contributed by atoms with Gasteiger partial charge in [-0.1, -0.05) is 36.8 Å². The summed E-state index contributed by atoms with van der Waals surface area (Å²) in [7, 11) is 2.78. The third kappa shape index (κ3) is 6.32. The molecule has 0 aliphatic heterocycles. The van der Waals surface area contributed by atoms with E-state index in [1.54, 1.807) is 25.1 Å². The predicted octanol–water partition coefficient (Wildman–Crippen LogP) is 2.53. The largest absolute Gasteiger partial charge is 0.493 e. The molecule has 3 aromatic rings. The topological polar surface area (TPSA) is 117 Å². The Bertz CT molecular complexity index is 1400. The van der Waals surface area contributed by atoms with Crippen LogP contribution in [-0.4, -0.2) is 40.4 Å². The average Bonchev–Trinajstić information content (AvgIpc) is 2.85. The number of methoxy groups -OCH3 is 2. The Hall–Kier alpha value is -4.08. The number of hydrogen-bond acceptors (Lipinski definition) is 7. The highest BCUT2D eigenvalue weighted by molar-refractivity contribution is 5.71. The van der Waals surface area contributed by atoms with Gasteiger partial charge in [0.25, 0.3) is 0 Å². The Morgan fingerprint density at radius 1 is 1.00 bits per heavy atom. The van der Waals surface area contributed by atoms with Crippen LogP contribution in [0.25, 0.3) is 0 Å². The first kappa shape index (κ1) is 26.5. The number of hydrogen-bond donors (Lipinski definition) is 1. The minimum Gasteiger partial charge on any atom is -0.493 e. The summed E-state index contributed by atoms with van der Waals surface area (Å²) >= 11 is 0. The number of benzene rings is 2. The van der Waals surface area contributed by atoms with Crippen molar-refractivity contribution in [1.29, 1.82) is 0 Å². The fourth-order valence-corrected chi connectivity index (χ4v) is 3.57. The van der Waals surface area contributed by atoms with Crippen molar-refractivity contribution in [3.63, 3.8) is 0 Å². The van der Waals surface area contributed by atoms with Crippen LogP contribution in [0.3, 0.4) is 0 Å². The molecule has 1 heterocycles. The van der Waals surface area contributed by atoms with Crippen LogP contribution in [0.5, 0.6) is 11.5 Å². The molecule has 36 heavy (non-hydrogen) atoms. The van der Waals surface area contributed by atoms with Gasteiger partial charge in [0.15, 0.2) is 11.5 Å². The first-order valence-electron chi connectivity index (χ1n) is 11.6. The standard InChI is InChI=1S/C26H32N4O6/c1-16(2)36-21-12-11-20(13-22(21)34-5)27-24-28-25(32)30(14-18(4)23(31)35-6)26(33)29(24)15-19-9-7-17(3)8-10-19/h7-13,16,18H,14-15H2,1-6H3,(H,27,28,32)/t18-/m0/s1. The van der Waals surface area contributed by atoms with Crippen LogP contribution in [0.1, 0.15) is 31.9 Å². The quantitative estimate of drug-likeness (QED) is 0.455. The van der Waals surface area contributed by atoms with Crippen LogP contribution in [-0.2, 0) is 22.6 Å². The maximum Gasteiger partial charge on any atom is 0.335 e. The molecule has 3 rings (SSSR count). The second-order valence-electron chi connectivity index (χ2n) is 8.76. The lowest BCUT2D eigenvalue weighted by Gasteiger charge is -2.15. The Morgan fingerprint density at radius 3 is 2.31 bits per heavy atom. The summed E-state index contributed by atoms with van der Waals surface area (Å²) in [5, 5.41) is 0. The summed E-state index contributed by atoms with van der Waals surface area (Å²) < 4.78 is 18.3. The molecule has 10 nitrogen and oxygen atoms in total. The number of H-pyrrole nitrogens is 1. The zero-order valence-corrected chi connectivity index (χ0v) is 21.4. The highest BCUT2D eigenvalue weighted by Crippen LogP contribution is 2.31. The maximum absolute atomic E-state index is 13.5. The van der Waals surface area contributed by atoms with E-state index < -0.39 is 23.3 Å². The second kappa shape index (κ2) is 11.6. The first-order chi connectivity index (χ1) is 17.1. The lowest BCUT2D eigenvalue weighted by Crippen LogP contribution is -2.51. The van der Waals surface area contributed by atoms with Gasteiger partial charge in [0, 0.05) is 12.6 Å². The van der Waals surface area contributed by atoms with Gasteiger partial charge in [0.1, 0.15) is 0 Å². The highest BCUT2D eigenvalue weighted by Gasteiger charge is 2.18. The van der Waals surface area contributed by atoms with Crippen LogP contribution < -0.4 is 26.5 Å². The van der Waals surface area contributed by atoms with Crippen LogP contribution in [0.15, 0.2) is 57.0 Å². The first-order valence-corrected chi connectivity index (χ1v) is 11.6. The molecule has 1 N–H and O–H groups in total. The molecule has 0 amide bonds. The van der Waals surface area contributed by atoms with E-state index in [9.17, 15) is 14.4 Å². The number of nitrogens with one attached hydrogen (secondary N) is 1. The number of aromatic amines is 1. The molecule has 2 aromatic carbocycles. The van der Waals surface area contributed by atoms with Gasteiger partial charge in [-0.05, 0) is 38.5 Å². The summed E-state index contributed by atoms with van der Waals surface area (Å²) in [4.78, 5) is 45.5. The van der Waals surface area contributed by atoms with E-state index in [0.717, 1.165) is 15.7 Å². The summed E-state index contributed by atoms with van der Waals surface area (Å²) in [6.07, 6.45) is -0.0466. The molecular weight excluding hydrogens is 464 g/mol. The average molecular weight is 497 g/mol. The molecule has 0 aliphatic carbocycles. The van der Waals surface area contributed by atoms with E-state index in [-0.39, 0.29) is 24.8 Å². The molecule has 0 bridgehead atoms. The molecule has 0 spiro atoms. The highest BCUT2D eigenvalue weighted by atomic mass is 16.5. The molecule has 0 fully saturated rings. The number of carbonyl (C=O) groups is 1. The van der Waals surface area contributed by atoms with Crippen molar-refractivity contribution in [2.75, 3.05) is 14.2 Å². The number of carbonyl (C=O) groups excluding carboxylic acids is 1. The van der Waals surface area contributed by atoms with E-state index in [1.165, 1.54) is 18.8 Å². The van der Waals surface area contributed by atoms with Gasteiger partial charge in [-0.15, -0.1) is 0 Å². The zero-order chi connectivity index (χ0) is 26.4. The van der Waals surface area contributed by atoms with Crippen LogP contribution in [0, 0.1) is 12.8 Å². The second-order valence-corrected chi connectivity index (χ2v) is 8.76. The molecule has 0 saturated heterocycles. The normalized spacial score (nSPS) is 12.5. The van der Waals surface area contributed by atoms with Crippen molar-refractivity contribution in [1.82, 2.24) is 14.1 Å². The molecule has 1 atom stereocenters. The van der Waals surface area contributed by atoms with E-state index in [1.807, 2.05) is 45.0 Å². The van der Waals surface area contributed by atoms with Gasteiger partial charge in [-0.25, -0.2) is 19.1 Å². The Labute approximate surface area is 208 Å². The fraction of sp³-hybridized carbons (Fsp3) is 0.385. The Morgan fingerprint density at radius 2 is 1.69 bits per heavy atom. The molecular formula is C26H32N4O6. The SMILES string of the molecule is COC(=O)[C@@H](C)Cn1c(=O)[nH]/c(=N\c2ccc(OC(C)C)c(OC)c2)n(Cc2ccc(C)cc2)c1=O. The van der Waals surface area contributed by atoms with E-state index in [0.29, 0.717) is 17.2 Å². The van der Waals surface area contributed by atoms with Crippen molar-refractivity contribution in [2.24, 2.45) is 10.9 Å². The van der Waals surface area contributed by atoms with Crippen LogP contribution in [0.4, 0.5) is 5.69 Å². The Balaban J connectivity index is 2.17. The summed E-state index contributed by atoms with van der Waals surface area (Å²) in [5.74, 6) is -0.185. The van der Waals surface area contributed by atoms with Gasteiger partial charge in [0.05, 0.1) is 38.5 Å². The predicted molar refractivity (Wildman–Crippen MR) is 135 cm³/mol. The summed E-state index contributed by atoms with van der Waals surface area (Å²) in [6.45, 7) is 7.41. The molecule has 1 aromatic heterocycles. The number of rotatable bonds is 9. The van der Waals surface area contributed by atoms with Crippen molar-refractivity contribution in [3.05, 3.63) is 80.2 Å². The summed E-state index contributed by atoms with van der Waals surface area (Å²) in [5.41, 5.74) is 1.16. The lowest BCUT2D eigenvalue weighted by atomic mass is 10.1. The molecule has 0 unspecified atom stereocenters. The van der Waals surface area contributed by atoms with Gasteiger partial charge in [-0.2, -0.15) is 0 Å². The summed E-state index contributed by atoms with van der Waals surface area (Å²) in [6, 6.07) is 12.8. The van der Waals surface area contributed by atoms with Crippen LogP contribution in [0.2, 0.25) is 0 Å². The molecule has 0 saturated carbocycles. The number of esters is 1. The Kier molecular flexibility index (Phi) is 8.52. The number of ether oxygens (including phenoxy) is 3. The molecule has 10 heteroatoms. The van der Waals surface area contributed by atoms with Gasteiger partial charge in [0.2, 0.25) is 5.62 Å². The number of nitrogens with zero attached hydrogens (tertiary/aromatic N) is 3. The monoisotopic (exact) mass is 496 g/mol. The lowest BCUT2D eigenvalue weighted by molar-refractivity contribution is -0.145.